The second-order valence-corrected chi connectivity index (χ2v) is 4.53. The quantitative estimate of drug-likeness (QED) is 0.902. The summed E-state index contributed by atoms with van der Waals surface area (Å²) in [5, 5.41) is 6.11. The Kier molecular flexibility index (Phi) is 3.35. The smallest absolute Gasteiger partial charge is 0.255 e. The number of methoxy groups -OCH3 is 2. The highest BCUT2D eigenvalue weighted by atomic mass is 16.5. The number of rotatable bonds is 3. The highest BCUT2D eigenvalue weighted by molar-refractivity contribution is 6.01. The molecule has 6 heteroatoms. The molecule has 21 heavy (non-hydrogen) atoms. The molecule has 2 aromatic rings. The summed E-state index contributed by atoms with van der Waals surface area (Å²) < 4.78 is 10.6. The monoisotopic (exact) mass is 285 g/mol. The maximum atomic E-state index is 12.2. The summed E-state index contributed by atoms with van der Waals surface area (Å²) in [6, 6.07) is 9.03. The van der Waals surface area contributed by atoms with Crippen LogP contribution >= 0.6 is 0 Å². The van der Waals surface area contributed by atoms with Gasteiger partial charge in [0.15, 0.2) is 11.5 Å². The molecule has 0 saturated carbocycles. The van der Waals surface area contributed by atoms with Crippen LogP contribution in [0.5, 0.6) is 11.5 Å². The van der Waals surface area contributed by atoms with Gasteiger partial charge >= 0.3 is 0 Å². The molecule has 6 nitrogen and oxygen atoms in total. The van der Waals surface area contributed by atoms with E-state index in [4.69, 9.17) is 9.47 Å². The molecular weight excluding hydrogens is 270 g/mol. The third kappa shape index (κ3) is 2.24. The van der Waals surface area contributed by atoms with Crippen molar-refractivity contribution in [1.29, 1.82) is 0 Å². The van der Waals surface area contributed by atoms with Gasteiger partial charge in [0.05, 0.1) is 19.8 Å². The van der Waals surface area contributed by atoms with Crippen molar-refractivity contribution in [2.24, 2.45) is 0 Å². The van der Waals surface area contributed by atoms with E-state index in [1.807, 2.05) is 18.2 Å². The minimum atomic E-state index is -0.475. The normalized spacial score (nSPS) is 16.5. The number of hydrogen-bond donors (Lipinski definition) is 2. The first-order valence-electron chi connectivity index (χ1n) is 6.48. The number of nitrogens with one attached hydrogen (secondary N) is 2. The second kappa shape index (κ2) is 5.32. The third-order valence-electron chi connectivity index (χ3n) is 3.34. The molecule has 0 radical (unpaired) electrons. The molecular formula is C15H15N3O3. The maximum absolute atomic E-state index is 12.2. The fourth-order valence-electron chi connectivity index (χ4n) is 2.36. The van der Waals surface area contributed by atoms with Crippen LogP contribution in [0.4, 0.5) is 5.69 Å². The molecule has 2 N–H and O–H groups in total. The number of benzene rings is 1. The Balaban J connectivity index is 2.02. The Morgan fingerprint density at radius 3 is 2.67 bits per heavy atom. The van der Waals surface area contributed by atoms with Gasteiger partial charge in [0, 0.05) is 18.0 Å². The summed E-state index contributed by atoms with van der Waals surface area (Å²) in [6.45, 7) is 0. The van der Waals surface area contributed by atoms with Crippen molar-refractivity contribution in [3.8, 4) is 11.5 Å². The molecule has 2 heterocycles. The molecule has 3 rings (SSSR count). The molecule has 0 saturated heterocycles. The van der Waals surface area contributed by atoms with E-state index in [2.05, 4.69) is 15.6 Å². The summed E-state index contributed by atoms with van der Waals surface area (Å²) >= 11 is 0. The van der Waals surface area contributed by atoms with E-state index < -0.39 is 6.17 Å². The van der Waals surface area contributed by atoms with Gasteiger partial charge in [-0.1, -0.05) is 12.1 Å². The lowest BCUT2D eigenvalue weighted by atomic mass is 10.1. The molecule has 1 aliphatic rings. The molecule has 1 aromatic heterocycles. The fraction of sp³-hybridized carbons (Fsp3) is 0.200. The van der Waals surface area contributed by atoms with Crippen LogP contribution in [0.15, 0.2) is 36.5 Å². The molecule has 1 unspecified atom stereocenters. The number of fused-ring (bicyclic) bond motifs is 1. The van der Waals surface area contributed by atoms with E-state index >= 15 is 0 Å². The molecule has 0 fully saturated rings. The van der Waals surface area contributed by atoms with Gasteiger partial charge < -0.3 is 20.1 Å². The Morgan fingerprint density at radius 1 is 1.10 bits per heavy atom. The molecule has 1 amide bonds. The van der Waals surface area contributed by atoms with Crippen LogP contribution in [0.2, 0.25) is 0 Å². The highest BCUT2D eigenvalue weighted by Gasteiger charge is 2.28. The van der Waals surface area contributed by atoms with Crippen LogP contribution in [0.25, 0.3) is 0 Å². The van der Waals surface area contributed by atoms with E-state index in [1.165, 1.54) is 0 Å². The first-order valence-corrected chi connectivity index (χ1v) is 6.48. The number of carbonyl (C=O) groups excluding carboxylic acids is 1. The number of nitrogens with zero attached hydrogens (tertiary/aromatic N) is 1. The van der Waals surface area contributed by atoms with Gasteiger partial charge in [-0.25, -0.2) is 0 Å². The van der Waals surface area contributed by atoms with Crippen LogP contribution in [-0.4, -0.2) is 25.1 Å². The van der Waals surface area contributed by atoms with Crippen molar-refractivity contribution in [3.05, 3.63) is 47.8 Å². The summed E-state index contributed by atoms with van der Waals surface area (Å²) in [5.41, 5.74) is 1.94. The maximum Gasteiger partial charge on any atom is 0.255 e. The standard InChI is InChI=1S/C15H15N3O3/c1-20-11-7-8-16-12(13(11)21-2)14-17-10-6-4-3-5-9(10)15(19)18-14/h3-8,14,17H,1-2H3,(H,18,19). The summed E-state index contributed by atoms with van der Waals surface area (Å²) in [7, 11) is 3.10. The van der Waals surface area contributed by atoms with Crippen LogP contribution in [-0.2, 0) is 0 Å². The Labute approximate surface area is 122 Å². The van der Waals surface area contributed by atoms with E-state index in [0.29, 0.717) is 22.8 Å². The van der Waals surface area contributed by atoms with Gasteiger partial charge in [0.2, 0.25) is 0 Å². The largest absolute Gasteiger partial charge is 0.493 e. The number of anilines is 1. The molecule has 0 bridgehead atoms. The first kappa shape index (κ1) is 13.2. The van der Waals surface area contributed by atoms with Crippen LogP contribution < -0.4 is 20.1 Å². The molecule has 1 atom stereocenters. The Hall–Kier alpha value is -2.76. The lowest BCUT2D eigenvalue weighted by Crippen LogP contribution is -2.39. The zero-order valence-electron chi connectivity index (χ0n) is 11.7. The SMILES string of the molecule is COc1ccnc(C2NC(=O)c3ccccc3N2)c1OC. The molecule has 0 spiro atoms. The van der Waals surface area contributed by atoms with Crippen molar-refractivity contribution < 1.29 is 14.3 Å². The predicted molar refractivity (Wildman–Crippen MR) is 77.6 cm³/mol. The van der Waals surface area contributed by atoms with Gasteiger partial charge in [-0.2, -0.15) is 0 Å². The zero-order valence-corrected chi connectivity index (χ0v) is 11.7. The first-order chi connectivity index (χ1) is 10.2. The zero-order chi connectivity index (χ0) is 14.8. The van der Waals surface area contributed by atoms with Gasteiger partial charge in [0.1, 0.15) is 11.9 Å². The van der Waals surface area contributed by atoms with Gasteiger partial charge in [0.25, 0.3) is 5.91 Å². The van der Waals surface area contributed by atoms with E-state index in [0.717, 1.165) is 5.69 Å². The predicted octanol–water partition coefficient (Wildman–Crippen LogP) is 1.95. The van der Waals surface area contributed by atoms with E-state index in [9.17, 15) is 4.79 Å². The Morgan fingerprint density at radius 2 is 1.90 bits per heavy atom. The van der Waals surface area contributed by atoms with E-state index in [-0.39, 0.29) is 5.91 Å². The second-order valence-electron chi connectivity index (χ2n) is 4.53. The number of para-hydroxylation sites is 1. The minimum Gasteiger partial charge on any atom is -0.493 e. The van der Waals surface area contributed by atoms with Crippen LogP contribution in [0, 0.1) is 0 Å². The van der Waals surface area contributed by atoms with Crippen molar-refractivity contribution in [2.45, 2.75) is 6.17 Å². The average Bonchev–Trinajstić information content (AvgIpc) is 2.54. The third-order valence-corrected chi connectivity index (χ3v) is 3.34. The van der Waals surface area contributed by atoms with Crippen molar-refractivity contribution in [2.75, 3.05) is 19.5 Å². The minimum absolute atomic E-state index is 0.152. The average molecular weight is 285 g/mol. The van der Waals surface area contributed by atoms with Gasteiger partial charge in [-0.15, -0.1) is 0 Å². The molecule has 1 aliphatic heterocycles. The molecule has 108 valence electrons. The molecule has 0 aliphatic carbocycles. The van der Waals surface area contributed by atoms with Crippen LogP contribution in [0.1, 0.15) is 22.2 Å². The highest BCUT2D eigenvalue weighted by Crippen LogP contribution is 2.35. The summed E-state index contributed by atoms with van der Waals surface area (Å²) in [4.78, 5) is 16.5. The lowest BCUT2D eigenvalue weighted by Gasteiger charge is -2.28. The summed E-state index contributed by atoms with van der Waals surface area (Å²) in [6.07, 6.45) is 1.14. The summed E-state index contributed by atoms with van der Waals surface area (Å²) in [5.74, 6) is 0.913. The molecule has 1 aromatic carbocycles. The van der Waals surface area contributed by atoms with Crippen molar-refractivity contribution in [1.82, 2.24) is 10.3 Å². The lowest BCUT2D eigenvalue weighted by molar-refractivity contribution is 0.0934. The van der Waals surface area contributed by atoms with Gasteiger partial charge in [-0.3, -0.25) is 9.78 Å². The number of ether oxygens (including phenoxy) is 2. The van der Waals surface area contributed by atoms with Gasteiger partial charge in [-0.05, 0) is 12.1 Å². The fourth-order valence-corrected chi connectivity index (χ4v) is 2.36. The number of aromatic nitrogens is 1. The number of amides is 1. The van der Waals surface area contributed by atoms with Crippen molar-refractivity contribution >= 4 is 11.6 Å². The number of pyridine rings is 1. The number of hydrogen-bond acceptors (Lipinski definition) is 5. The van der Waals surface area contributed by atoms with Crippen LogP contribution in [0.3, 0.4) is 0 Å². The number of carbonyl (C=O) groups is 1. The van der Waals surface area contributed by atoms with E-state index in [1.54, 1.807) is 32.5 Å². The Bertz CT molecular complexity index is 688. The topological polar surface area (TPSA) is 72.5 Å². The van der Waals surface area contributed by atoms with Crippen molar-refractivity contribution in [3.63, 3.8) is 0 Å².